The van der Waals surface area contributed by atoms with Gasteiger partial charge in [0.05, 0.1) is 12.2 Å². The van der Waals surface area contributed by atoms with Crippen molar-refractivity contribution in [2.24, 2.45) is 0 Å². The Kier molecular flexibility index (Phi) is 2.08. The van der Waals surface area contributed by atoms with E-state index in [1.54, 1.807) is 12.3 Å². The summed E-state index contributed by atoms with van der Waals surface area (Å²) in [4.78, 5) is 0. The van der Waals surface area contributed by atoms with Crippen LogP contribution in [0.15, 0.2) is 18.3 Å². The lowest BCUT2D eigenvalue weighted by atomic mass is 10.1. The monoisotopic (exact) mass is 214 g/mol. The van der Waals surface area contributed by atoms with Gasteiger partial charge in [0.25, 0.3) is 0 Å². The van der Waals surface area contributed by atoms with Crippen molar-refractivity contribution in [3.05, 3.63) is 29.7 Å². The molecule has 0 saturated carbocycles. The average molecular weight is 214 g/mol. The molecule has 3 rings (SSSR count). The molecule has 0 aliphatic carbocycles. The molecular weight excluding hydrogens is 204 g/mol. The smallest absolute Gasteiger partial charge is 0.160 e. The lowest BCUT2D eigenvalue weighted by molar-refractivity contribution is 0.193. The first kappa shape index (κ1) is 9.31. The van der Waals surface area contributed by atoms with E-state index >= 15 is 0 Å². The molecule has 2 aromatic rings. The van der Waals surface area contributed by atoms with Crippen LogP contribution in [0, 0.1) is 11.3 Å². The maximum atomic E-state index is 8.86. The van der Waals surface area contributed by atoms with Crippen LogP contribution in [0.25, 0.3) is 5.65 Å². The summed E-state index contributed by atoms with van der Waals surface area (Å²) in [6.07, 6.45) is 2.75. The second kappa shape index (κ2) is 3.58. The lowest BCUT2D eigenvalue weighted by Gasteiger charge is -2.04. The predicted octanol–water partition coefficient (Wildman–Crippen LogP) is 1.10. The molecule has 5 heteroatoms. The zero-order valence-corrected chi connectivity index (χ0v) is 8.63. The van der Waals surface area contributed by atoms with E-state index in [1.165, 1.54) is 0 Å². The van der Waals surface area contributed by atoms with Gasteiger partial charge in [-0.1, -0.05) is 0 Å². The third-order valence-electron chi connectivity index (χ3n) is 2.85. The number of fused-ring (bicyclic) bond motifs is 1. The minimum absolute atomic E-state index is 0.295. The zero-order valence-electron chi connectivity index (χ0n) is 8.63. The minimum atomic E-state index is 0.295. The van der Waals surface area contributed by atoms with Crippen molar-refractivity contribution in [1.29, 1.82) is 5.26 Å². The number of rotatable bonds is 1. The summed E-state index contributed by atoms with van der Waals surface area (Å²) < 4.78 is 7.23. The number of aromatic nitrogens is 3. The molecule has 0 N–H and O–H groups in total. The standard InChI is InChI=1S/C11H10N4O/c12-5-8-1-2-10-13-14-11(15(10)6-8)9-3-4-16-7-9/h1-2,6,9H,3-4,7H2. The largest absolute Gasteiger partial charge is 0.381 e. The van der Waals surface area contributed by atoms with Gasteiger partial charge in [-0.3, -0.25) is 4.40 Å². The first-order chi connectivity index (χ1) is 7.88. The van der Waals surface area contributed by atoms with Crippen LogP contribution in [0.3, 0.4) is 0 Å². The van der Waals surface area contributed by atoms with Gasteiger partial charge in [-0.15, -0.1) is 10.2 Å². The summed E-state index contributed by atoms with van der Waals surface area (Å²) in [5, 5.41) is 17.1. The van der Waals surface area contributed by atoms with Gasteiger partial charge in [0.15, 0.2) is 5.65 Å². The Balaban J connectivity index is 2.14. The third-order valence-corrected chi connectivity index (χ3v) is 2.85. The Morgan fingerprint density at radius 1 is 1.44 bits per heavy atom. The summed E-state index contributed by atoms with van der Waals surface area (Å²) in [5.41, 5.74) is 1.40. The molecule has 0 radical (unpaired) electrons. The summed E-state index contributed by atoms with van der Waals surface area (Å²) >= 11 is 0. The highest BCUT2D eigenvalue weighted by Gasteiger charge is 2.22. The highest BCUT2D eigenvalue weighted by molar-refractivity contribution is 5.43. The first-order valence-electron chi connectivity index (χ1n) is 5.21. The number of nitriles is 1. The van der Waals surface area contributed by atoms with Crippen LogP contribution in [-0.4, -0.2) is 27.8 Å². The van der Waals surface area contributed by atoms with Crippen molar-refractivity contribution in [1.82, 2.24) is 14.6 Å². The van der Waals surface area contributed by atoms with E-state index in [2.05, 4.69) is 16.3 Å². The summed E-state index contributed by atoms with van der Waals surface area (Å²) in [7, 11) is 0. The maximum Gasteiger partial charge on any atom is 0.160 e. The molecule has 0 bridgehead atoms. The van der Waals surface area contributed by atoms with Crippen LogP contribution in [0.5, 0.6) is 0 Å². The SMILES string of the molecule is N#Cc1ccc2nnc(C3CCOC3)n2c1. The summed E-state index contributed by atoms with van der Waals surface area (Å²) in [6.45, 7) is 1.47. The van der Waals surface area contributed by atoms with E-state index in [9.17, 15) is 0 Å². The molecule has 16 heavy (non-hydrogen) atoms. The van der Waals surface area contributed by atoms with E-state index in [4.69, 9.17) is 10.00 Å². The van der Waals surface area contributed by atoms with E-state index in [1.807, 2.05) is 10.5 Å². The lowest BCUT2D eigenvalue weighted by Crippen LogP contribution is -2.04. The molecule has 2 aromatic heterocycles. The van der Waals surface area contributed by atoms with Crippen LogP contribution < -0.4 is 0 Å². The van der Waals surface area contributed by atoms with Gasteiger partial charge in [-0.25, -0.2) is 0 Å². The van der Waals surface area contributed by atoms with Crippen molar-refractivity contribution in [2.75, 3.05) is 13.2 Å². The zero-order chi connectivity index (χ0) is 11.0. The molecule has 0 aromatic carbocycles. The van der Waals surface area contributed by atoms with Gasteiger partial charge in [-0.2, -0.15) is 5.26 Å². The average Bonchev–Trinajstić information content (AvgIpc) is 2.96. The molecule has 1 atom stereocenters. The van der Waals surface area contributed by atoms with Gasteiger partial charge in [0, 0.05) is 18.7 Å². The van der Waals surface area contributed by atoms with Gasteiger partial charge in [-0.05, 0) is 18.6 Å². The molecule has 1 saturated heterocycles. The first-order valence-corrected chi connectivity index (χ1v) is 5.21. The molecule has 5 nitrogen and oxygen atoms in total. The number of hydrogen-bond donors (Lipinski definition) is 0. The minimum Gasteiger partial charge on any atom is -0.381 e. The summed E-state index contributed by atoms with van der Waals surface area (Å²) in [6, 6.07) is 5.68. The molecule has 1 fully saturated rings. The topological polar surface area (TPSA) is 63.2 Å². The van der Waals surface area contributed by atoms with Gasteiger partial charge in [0.1, 0.15) is 11.9 Å². The molecule has 3 heterocycles. The van der Waals surface area contributed by atoms with Crippen molar-refractivity contribution in [3.63, 3.8) is 0 Å². The van der Waals surface area contributed by atoms with Crippen molar-refractivity contribution in [2.45, 2.75) is 12.3 Å². The Bertz CT molecular complexity index is 563. The van der Waals surface area contributed by atoms with Gasteiger partial charge in [0.2, 0.25) is 0 Å². The molecule has 1 aliphatic rings. The van der Waals surface area contributed by atoms with Crippen LogP contribution in [0.4, 0.5) is 0 Å². The molecule has 80 valence electrons. The van der Waals surface area contributed by atoms with Crippen LogP contribution in [0.1, 0.15) is 23.7 Å². The number of hydrogen-bond acceptors (Lipinski definition) is 4. The second-order valence-electron chi connectivity index (χ2n) is 3.88. The fraction of sp³-hybridized carbons (Fsp3) is 0.364. The molecule has 1 unspecified atom stereocenters. The van der Waals surface area contributed by atoms with Crippen molar-refractivity contribution >= 4 is 5.65 Å². The van der Waals surface area contributed by atoms with Crippen LogP contribution in [0.2, 0.25) is 0 Å². The van der Waals surface area contributed by atoms with E-state index in [0.29, 0.717) is 18.1 Å². The van der Waals surface area contributed by atoms with Crippen LogP contribution in [-0.2, 0) is 4.74 Å². The fourth-order valence-corrected chi connectivity index (χ4v) is 1.99. The number of pyridine rings is 1. The maximum absolute atomic E-state index is 8.86. The highest BCUT2D eigenvalue weighted by Crippen LogP contribution is 2.24. The van der Waals surface area contributed by atoms with Gasteiger partial charge < -0.3 is 4.74 Å². The van der Waals surface area contributed by atoms with Gasteiger partial charge >= 0.3 is 0 Å². The predicted molar refractivity (Wildman–Crippen MR) is 55.9 cm³/mol. The Morgan fingerprint density at radius 2 is 2.38 bits per heavy atom. The quantitative estimate of drug-likeness (QED) is 0.713. The summed E-state index contributed by atoms with van der Waals surface area (Å²) in [5.74, 6) is 1.19. The molecule has 0 spiro atoms. The molecule has 1 aliphatic heterocycles. The van der Waals surface area contributed by atoms with Crippen LogP contribution >= 0.6 is 0 Å². The van der Waals surface area contributed by atoms with E-state index in [0.717, 1.165) is 24.5 Å². The third kappa shape index (κ3) is 1.35. The van der Waals surface area contributed by atoms with E-state index in [-0.39, 0.29) is 0 Å². The normalized spacial score (nSPS) is 20.1. The highest BCUT2D eigenvalue weighted by atomic mass is 16.5. The Labute approximate surface area is 92.3 Å². The molecule has 0 amide bonds. The Morgan fingerprint density at radius 3 is 3.12 bits per heavy atom. The van der Waals surface area contributed by atoms with Crippen molar-refractivity contribution < 1.29 is 4.74 Å². The number of nitrogens with zero attached hydrogens (tertiary/aromatic N) is 4. The van der Waals surface area contributed by atoms with Crippen molar-refractivity contribution in [3.8, 4) is 6.07 Å². The number of ether oxygens (including phenoxy) is 1. The Hall–Kier alpha value is -1.93. The van der Waals surface area contributed by atoms with E-state index < -0.39 is 0 Å². The molecular formula is C11H10N4O. The fourth-order valence-electron chi connectivity index (χ4n) is 1.99. The second-order valence-corrected chi connectivity index (χ2v) is 3.88.